The highest BCUT2D eigenvalue weighted by Crippen LogP contribution is 2.31. The minimum absolute atomic E-state index is 0.264. The molecule has 0 amide bonds. The summed E-state index contributed by atoms with van der Waals surface area (Å²) in [7, 11) is 0. The van der Waals surface area contributed by atoms with Crippen molar-refractivity contribution in [2.24, 2.45) is 0 Å². The number of benzene rings is 2. The van der Waals surface area contributed by atoms with E-state index >= 15 is 0 Å². The maximum atomic E-state index is 13.7. The highest BCUT2D eigenvalue weighted by Gasteiger charge is 2.09. The second kappa shape index (κ2) is 4.98. The summed E-state index contributed by atoms with van der Waals surface area (Å²) in [5.74, 6) is -0.579. The highest BCUT2D eigenvalue weighted by atomic mass is 79.9. The first-order chi connectivity index (χ1) is 9.17. The van der Waals surface area contributed by atoms with Gasteiger partial charge in [0.2, 0.25) is 0 Å². The van der Waals surface area contributed by atoms with E-state index < -0.39 is 0 Å². The van der Waals surface area contributed by atoms with E-state index in [4.69, 9.17) is 0 Å². The van der Waals surface area contributed by atoms with Crippen LogP contribution in [0, 0.1) is 11.6 Å². The summed E-state index contributed by atoms with van der Waals surface area (Å²) in [4.78, 5) is 4.34. The Balaban J connectivity index is 2.11. The van der Waals surface area contributed by atoms with Gasteiger partial charge in [0.25, 0.3) is 0 Å². The van der Waals surface area contributed by atoms with Gasteiger partial charge < -0.3 is 0 Å². The smallest absolute Gasteiger partial charge is 0.127 e. The fourth-order valence-corrected chi connectivity index (χ4v) is 3.21. The van der Waals surface area contributed by atoms with Crippen molar-refractivity contribution in [3.05, 3.63) is 53.6 Å². The summed E-state index contributed by atoms with van der Waals surface area (Å²) in [6.45, 7) is 0. The van der Waals surface area contributed by atoms with Crippen molar-refractivity contribution in [2.45, 2.75) is 5.33 Å². The Morgan fingerprint density at radius 1 is 1.11 bits per heavy atom. The Hall–Kier alpha value is -1.33. The van der Waals surface area contributed by atoms with Crippen LogP contribution in [0.3, 0.4) is 0 Å². The van der Waals surface area contributed by atoms with Crippen molar-refractivity contribution >= 4 is 37.5 Å². The zero-order valence-electron chi connectivity index (χ0n) is 9.66. The monoisotopic (exact) mass is 339 g/mol. The summed E-state index contributed by atoms with van der Waals surface area (Å²) in [6.07, 6.45) is 0. The third-order valence-electron chi connectivity index (χ3n) is 2.79. The number of rotatable bonds is 2. The Morgan fingerprint density at radius 3 is 2.68 bits per heavy atom. The molecule has 1 heterocycles. The number of hydrogen-bond donors (Lipinski definition) is 0. The van der Waals surface area contributed by atoms with Crippen LogP contribution in [0.15, 0.2) is 36.4 Å². The van der Waals surface area contributed by atoms with Crippen LogP contribution in [0.25, 0.3) is 20.8 Å². The van der Waals surface area contributed by atoms with E-state index in [-0.39, 0.29) is 11.6 Å². The lowest BCUT2D eigenvalue weighted by molar-refractivity contribution is 0.618. The third kappa shape index (κ3) is 2.40. The van der Waals surface area contributed by atoms with E-state index in [0.717, 1.165) is 4.70 Å². The van der Waals surface area contributed by atoms with Crippen molar-refractivity contribution in [3.63, 3.8) is 0 Å². The molecule has 96 valence electrons. The zero-order valence-corrected chi connectivity index (χ0v) is 12.1. The zero-order chi connectivity index (χ0) is 13.4. The van der Waals surface area contributed by atoms with Crippen molar-refractivity contribution in [1.82, 2.24) is 4.98 Å². The van der Waals surface area contributed by atoms with Crippen LogP contribution in [0.4, 0.5) is 8.78 Å². The van der Waals surface area contributed by atoms with E-state index in [9.17, 15) is 8.78 Å². The molecule has 1 aromatic heterocycles. The second-order valence-corrected chi connectivity index (χ2v) is 5.66. The lowest BCUT2D eigenvalue weighted by Crippen LogP contribution is -1.86. The molecule has 5 heteroatoms. The Bertz CT molecular complexity index is 754. The van der Waals surface area contributed by atoms with Crippen molar-refractivity contribution in [2.75, 3.05) is 0 Å². The number of hydrogen-bond acceptors (Lipinski definition) is 2. The van der Waals surface area contributed by atoms with E-state index in [1.54, 1.807) is 12.1 Å². The first-order valence-corrected chi connectivity index (χ1v) is 7.52. The van der Waals surface area contributed by atoms with Crippen LogP contribution in [-0.2, 0) is 5.33 Å². The molecule has 0 aliphatic carbocycles. The van der Waals surface area contributed by atoms with Gasteiger partial charge in [0.15, 0.2) is 0 Å². The predicted molar refractivity (Wildman–Crippen MR) is 77.6 cm³/mol. The molecule has 3 aromatic rings. The van der Waals surface area contributed by atoms with Crippen molar-refractivity contribution in [3.8, 4) is 10.6 Å². The van der Waals surface area contributed by atoms with Crippen LogP contribution in [-0.4, -0.2) is 4.98 Å². The van der Waals surface area contributed by atoms with Gasteiger partial charge in [-0.2, -0.15) is 0 Å². The molecule has 0 unspecified atom stereocenters. The van der Waals surface area contributed by atoms with E-state index in [0.29, 0.717) is 27.0 Å². The molecule has 0 aliphatic rings. The van der Waals surface area contributed by atoms with Gasteiger partial charge >= 0.3 is 0 Å². The maximum absolute atomic E-state index is 13.7. The van der Waals surface area contributed by atoms with Crippen LogP contribution in [0.5, 0.6) is 0 Å². The van der Waals surface area contributed by atoms with Crippen LogP contribution < -0.4 is 0 Å². The largest absolute Gasteiger partial charge is 0.236 e. The molecule has 0 fully saturated rings. The quantitative estimate of drug-likeness (QED) is 0.589. The minimum Gasteiger partial charge on any atom is -0.236 e. The predicted octanol–water partition coefficient (Wildman–Crippen LogP) is 5.14. The van der Waals surface area contributed by atoms with E-state index in [1.807, 2.05) is 6.07 Å². The Labute approximate surface area is 121 Å². The first-order valence-electron chi connectivity index (χ1n) is 5.58. The third-order valence-corrected chi connectivity index (χ3v) is 4.48. The Kier molecular flexibility index (Phi) is 3.33. The molecule has 1 nitrogen and oxygen atoms in total. The van der Waals surface area contributed by atoms with Gasteiger partial charge in [-0.3, -0.25) is 0 Å². The number of fused-ring (bicyclic) bond motifs is 1. The fraction of sp³-hybridized carbons (Fsp3) is 0.0714. The molecule has 0 aliphatic heterocycles. The topological polar surface area (TPSA) is 12.9 Å². The Morgan fingerprint density at radius 2 is 1.95 bits per heavy atom. The molecular weight excluding hydrogens is 332 g/mol. The summed E-state index contributed by atoms with van der Waals surface area (Å²) >= 11 is 4.66. The lowest BCUT2D eigenvalue weighted by Gasteiger charge is -2.00. The van der Waals surface area contributed by atoms with Crippen molar-refractivity contribution in [1.29, 1.82) is 0 Å². The molecule has 0 atom stereocenters. The maximum Gasteiger partial charge on any atom is 0.127 e. The molecule has 0 bridgehead atoms. The van der Waals surface area contributed by atoms with Crippen LogP contribution >= 0.6 is 27.3 Å². The molecule has 19 heavy (non-hydrogen) atoms. The van der Waals surface area contributed by atoms with Crippen molar-refractivity contribution < 1.29 is 8.78 Å². The average Bonchev–Trinajstić information content (AvgIpc) is 2.81. The molecule has 0 spiro atoms. The summed E-state index contributed by atoms with van der Waals surface area (Å²) in [5, 5.41) is 1.17. The molecule has 0 saturated carbocycles. The molecular formula is C14H8BrF2NS. The molecule has 0 saturated heterocycles. The van der Waals surface area contributed by atoms with Gasteiger partial charge in [-0.1, -0.05) is 28.1 Å². The van der Waals surface area contributed by atoms with Gasteiger partial charge in [0.05, 0.1) is 10.2 Å². The van der Waals surface area contributed by atoms with E-state index in [2.05, 4.69) is 20.9 Å². The first kappa shape index (κ1) is 12.7. The highest BCUT2D eigenvalue weighted by molar-refractivity contribution is 9.08. The lowest BCUT2D eigenvalue weighted by atomic mass is 10.1. The van der Waals surface area contributed by atoms with Gasteiger partial charge in [-0.05, 0) is 23.8 Å². The molecule has 0 N–H and O–H groups in total. The molecule has 3 rings (SSSR count). The molecule has 0 radical (unpaired) electrons. The summed E-state index contributed by atoms with van der Waals surface area (Å²) in [5.41, 5.74) is 1.92. The second-order valence-electron chi connectivity index (χ2n) is 4.07. The standard InChI is InChI=1S/C14H8BrF2NS/c15-7-9-2-1-8(5-11(9)17)14-18-12-6-10(16)3-4-13(12)19-14/h1-6H,7H2. The van der Waals surface area contributed by atoms with E-state index in [1.165, 1.54) is 29.5 Å². The summed E-state index contributed by atoms with van der Waals surface area (Å²) < 4.78 is 27.7. The fourth-order valence-electron chi connectivity index (χ4n) is 1.81. The minimum atomic E-state index is -0.315. The number of aromatic nitrogens is 1. The number of halogens is 3. The average molecular weight is 340 g/mol. The number of nitrogens with zero attached hydrogens (tertiary/aromatic N) is 1. The van der Waals surface area contributed by atoms with Gasteiger partial charge in [0, 0.05) is 17.0 Å². The van der Waals surface area contributed by atoms with Gasteiger partial charge in [-0.15, -0.1) is 11.3 Å². The normalized spacial score (nSPS) is 11.1. The number of alkyl halides is 1. The van der Waals surface area contributed by atoms with Crippen LogP contribution in [0.2, 0.25) is 0 Å². The van der Waals surface area contributed by atoms with Gasteiger partial charge in [0.1, 0.15) is 16.6 Å². The summed E-state index contributed by atoms with van der Waals surface area (Å²) in [6, 6.07) is 9.50. The molecule has 2 aromatic carbocycles. The SMILES string of the molecule is Fc1ccc2sc(-c3ccc(CBr)c(F)c3)nc2c1. The van der Waals surface area contributed by atoms with Crippen LogP contribution in [0.1, 0.15) is 5.56 Å². The van der Waals surface area contributed by atoms with Gasteiger partial charge in [-0.25, -0.2) is 13.8 Å². The number of thiazole rings is 1.